The Labute approximate surface area is 149 Å². The van der Waals surface area contributed by atoms with Crippen LogP contribution in [0.1, 0.15) is 15.9 Å². The molecule has 0 radical (unpaired) electrons. The van der Waals surface area contributed by atoms with Gasteiger partial charge < -0.3 is 10.6 Å². The number of rotatable bonds is 5. The first-order chi connectivity index (χ1) is 12.8. The number of aromatic nitrogens is 4. The Morgan fingerprint density at radius 3 is 2.73 bits per heavy atom. The van der Waals surface area contributed by atoms with Crippen molar-refractivity contribution in [2.24, 2.45) is 0 Å². The molecule has 0 aliphatic carbocycles. The van der Waals surface area contributed by atoms with Gasteiger partial charge in [0.05, 0.1) is 6.20 Å². The van der Waals surface area contributed by atoms with E-state index in [0.29, 0.717) is 23.6 Å². The van der Waals surface area contributed by atoms with Crippen molar-refractivity contribution < 1.29 is 4.79 Å². The SMILES string of the molecule is O=C(Nc1ccccc1)c1cnn2ccc(NCc3cccnc3)nc12. The first-order valence-corrected chi connectivity index (χ1v) is 8.13. The maximum absolute atomic E-state index is 12.5. The Balaban J connectivity index is 1.55. The molecule has 0 aliphatic heterocycles. The smallest absolute Gasteiger partial charge is 0.261 e. The highest BCUT2D eigenvalue weighted by Crippen LogP contribution is 2.15. The van der Waals surface area contributed by atoms with E-state index < -0.39 is 0 Å². The fraction of sp³-hybridized carbons (Fsp3) is 0.0526. The van der Waals surface area contributed by atoms with Gasteiger partial charge in [0.2, 0.25) is 0 Å². The molecule has 0 unspecified atom stereocenters. The van der Waals surface area contributed by atoms with Crippen LogP contribution in [0, 0.1) is 0 Å². The Kier molecular flexibility index (Phi) is 4.26. The van der Waals surface area contributed by atoms with Crippen LogP contribution in [0.4, 0.5) is 11.5 Å². The van der Waals surface area contributed by atoms with E-state index in [1.54, 1.807) is 23.1 Å². The van der Waals surface area contributed by atoms with Crippen LogP contribution in [0.25, 0.3) is 5.65 Å². The predicted octanol–water partition coefficient (Wildman–Crippen LogP) is 2.99. The Hall–Kier alpha value is -3.74. The zero-order valence-electron chi connectivity index (χ0n) is 13.8. The third-order valence-corrected chi connectivity index (χ3v) is 3.84. The van der Waals surface area contributed by atoms with Gasteiger partial charge in [-0.15, -0.1) is 0 Å². The van der Waals surface area contributed by atoms with Crippen molar-refractivity contribution >= 4 is 23.1 Å². The van der Waals surface area contributed by atoms with Crippen molar-refractivity contribution in [3.63, 3.8) is 0 Å². The highest BCUT2D eigenvalue weighted by atomic mass is 16.1. The standard InChI is InChI=1S/C19H16N6O/c26-19(23-15-6-2-1-3-7-15)16-13-22-25-10-8-17(24-18(16)25)21-12-14-5-4-9-20-11-14/h1-11,13H,12H2,(H,21,24)(H,23,26). The van der Waals surface area contributed by atoms with E-state index in [9.17, 15) is 4.79 Å². The molecule has 1 amide bonds. The van der Waals surface area contributed by atoms with Gasteiger partial charge in [0, 0.05) is 30.8 Å². The second kappa shape index (κ2) is 7.02. The fourth-order valence-corrected chi connectivity index (χ4v) is 2.54. The summed E-state index contributed by atoms with van der Waals surface area (Å²) in [4.78, 5) is 21.2. The van der Waals surface area contributed by atoms with Gasteiger partial charge in [-0.3, -0.25) is 9.78 Å². The van der Waals surface area contributed by atoms with E-state index in [2.05, 4.69) is 25.7 Å². The van der Waals surface area contributed by atoms with Crippen molar-refractivity contribution in [1.82, 2.24) is 19.6 Å². The van der Waals surface area contributed by atoms with Gasteiger partial charge in [-0.05, 0) is 29.8 Å². The summed E-state index contributed by atoms with van der Waals surface area (Å²) in [5.74, 6) is 0.415. The number of amides is 1. The van der Waals surface area contributed by atoms with Gasteiger partial charge in [0.25, 0.3) is 5.91 Å². The van der Waals surface area contributed by atoms with E-state index >= 15 is 0 Å². The molecule has 4 aromatic rings. The van der Waals surface area contributed by atoms with Crippen molar-refractivity contribution in [3.8, 4) is 0 Å². The van der Waals surface area contributed by atoms with Crippen molar-refractivity contribution in [1.29, 1.82) is 0 Å². The Bertz CT molecular complexity index is 1030. The number of nitrogens with one attached hydrogen (secondary N) is 2. The number of carbonyl (C=O) groups is 1. The van der Waals surface area contributed by atoms with Gasteiger partial charge in [0.15, 0.2) is 5.65 Å². The number of hydrogen-bond acceptors (Lipinski definition) is 5. The second-order valence-electron chi connectivity index (χ2n) is 5.67. The molecule has 0 aliphatic rings. The van der Waals surface area contributed by atoms with Gasteiger partial charge in [0.1, 0.15) is 11.4 Å². The molecular formula is C19H16N6O. The minimum absolute atomic E-state index is 0.247. The van der Waals surface area contributed by atoms with Crippen molar-refractivity contribution in [3.05, 3.63) is 84.4 Å². The summed E-state index contributed by atoms with van der Waals surface area (Å²) in [5.41, 5.74) is 2.68. The minimum atomic E-state index is -0.247. The lowest BCUT2D eigenvalue weighted by Crippen LogP contribution is -2.12. The maximum Gasteiger partial charge on any atom is 0.261 e. The van der Waals surface area contributed by atoms with Crippen LogP contribution in [0.3, 0.4) is 0 Å². The van der Waals surface area contributed by atoms with E-state index in [0.717, 1.165) is 11.3 Å². The molecule has 128 valence electrons. The Morgan fingerprint density at radius 2 is 1.92 bits per heavy atom. The van der Waals surface area contributed by atoms with Crippen molar-refractivity contribution in [2.75, 3.05) is 10.6 Å². The molecule has 0 fully saturated rings. The summed E-state index contributed by atoms with van der Waals surface area (Å²) in [7, 11) is 0. The molecule has 4 rings (SSSR count). The van der Waals surface area contributed by atoms with Crippen LogP contribution in [0.5, 0.6) is 0 Å². The van der Waals surface area contributed by atoms with E-state index in [4.69, 9.17) is 0 Å². The Morgan fingerprint density at radius 1 is 1.04 bits per heavy atom. The lowest BCUT2D eigenvalue weighted by molar-refractivity contribution is 0.102. The van der Waals surface area contributed by atoms with Gasteiger partial charge in [-0.2, -0.15) is 5.10 Å². The summed E-state index contributed by atoms with van der Waals surface area (Å²) in [6.07, 6.45) is 6.82. The molecule has 0 saturated carbocycles. The average molecular weight is 344 g/mol. The van der Waals surface area contributed by atoms with Gasteiger partial charge in [-0.25, -0.2) is 9.50 Å². The van der Waals surface area contributed by atoms with E-state index in [1.807, 2.05) is 48.5 Å². The third kappa shape index (κ3) is 3.36. The largest absolute Gasteiger partial charge is 0.366 e. The van der Waals surface area contributed by atoms with Crippen LogP contribution in [-0.4, -0.2) is 25.5 Å². The van der Waals surface area contributed by atoms with Crippen LogP contribution in [0.15, 0.2) is 73.3 Å². The highest BCUT2D eigenvalue weighted by molar-refractivity contribution is 6.08. The molecule has 0 spiro atoms. The second-order valence-corrected chi connectivity index (χ2v) is 5.67. The van der Waals surface area contributed by atoms with Crippen LogP contribution >= 0.6 is 0 Å². The summed E-state index contributed by atoms with van der Waals surface area (Å²) >= 11 is 0. The highest BCUT2D eigenvalue weighted by Gasteiger charge is 2.14. The molecular weight excluding hydrogens is 328 g/mol. The van der Waals surface area contributed by atoms with E-state index in [1.165, 1.54) is 6.20 Å². The number of anilines is 2. The van der Waals surface area contributed by atoms with E-state index in [-0.39, 0.29) is 5.91 Å². The number of pyridine rings is 1. The number of para-hydroxylation sites is 1. The first-order valence-electron chi connectivity index (χ1n) is 8.13. The zero-order valence-corrected chi connectivity index (χ0v) is 13.8. The molecule has 1 aromatic carbocycles. The monoisotopic (exact) mass is 344 g/mol. The number of fused-ring (bicyclic) bond motifs is 1. The number of carbonyl (C=O) groups excluding carboxylic acids is 1. The molecule has 0 saturated heterocycles. The topological polar surface area (TPSA) is 84.2 Å². The van der Waals surface area contributed by atoms with Gasteiger partial charge in [-0.1, -0.05) is 24.3 Å². The molecule has 3 aromatic heterocycles. The minimum Gasteiger partial charge on any atom is -0.366 e. The fourth-order valence-electron chi connectivity index (χ4n) is 2.54. The maximum atomic E-state index is 12.5. The lowest BCUT2D eigenvalue weighted by atomic mass is 10.2. The normalized spacial score (nSPS) is 10.6. The summed E-state index contributed by atoms with van der Waals surface area (Å²) in [5, 5.41) is 10.3. The average Bonchev–Trinajstić information content (AvgIpc) is 3.11. The summed E-state index contributed by atoms with van der Waals surface area (Å²) < 4.78 is 1.58. The molecule has 2 N–H and O–H groups in total. The summed E-state index contributed by atoms with van der Waals surface area (Å²) in [6.45, 7) is 0.594. The quantitative estimate of drug-likeness (QED) is 0.581. The van der Waals surface area contributed by atoms with Crippen LogP contribution in [-0.2, 0) is 6.54 Å². The molecule has 0 atom stereocenters. The molecule has 7 heteroatoms. The lowest BCUT2D eigenvalue weighted by Gasteiger charge is -2.07. The molecule has 0 bridgehead atoms. The number of benzene rings is 1. The van der Waals surface area contributed by atoms with Crippen LogP contribution in [0.2, 0.25) is 0 Å². The van der Waals surface area contributed by atoms with Crippen LogP contribution < -0.4 is 10.6 Å². The third-order valence-electron chi connectivity index (χ3n) is 3.84. The molecule has 7 nitrogen and oxygen atoms in total. The summed E-state index contributed by atoms with van der Waals surface area (Å²) in [6, 6.07) is 15.0. The predicted molar refractivity (Wildman–Crippen MR) is 98.9 cm³/mol. The van der Waals surface area contributed by atoms with Gasteiger partial charge >= 0.3 is 0 Å². The van der Waals surface area contributed by atoms with Crippen molar-refractivity contribution in [2.45, 2.75) is 6.54 Å². The number of hydrogen-bond donors (Lipinski definition) is 2. The number of nitrogens with zero attached hydrogens (tertiary/aromatic N) is 4. The zero-order chi connectivity index (χ0) is 17.8. The first kappa shape index (κ1) is 15.8. The molecule has 3 heterocycles. The molecule has 26 heavy (non-hydrogen) atoms.